The van der Waals surface area contributed by atoms with E-state index in [1.54, 1.807) is 0 Å². The molecule has 45 heavy (non-hydrogen) atoms. The van der Waals surface area contributed by atoms with Crippen molar-refractivity contribution in [3.63, 3.8) is 0 Å². The molecule has 1 aromatic heterocycles. The average Bonchev–Trinajstić information content (AvgIpc) is 3.76. The fraction of sp³-hybridized carbons (Fsp3) is 0.154. The molecule has 0 amide bonds. The van der Waals surface area contributed by atoms with Crippen molar-refractivity contribution in [2.24, 2.45) is 11.0 Å². The van der Waals surface area contributed by atoms with E-state index in [0.717, 1.165) is 44.3 Å². The second kappa shape index (κ2) is 10.6. The highest BCUT2D eigenvalue weighted by Gasteiger charge is 2.40. The highest BCUT2D eigenvalue weighted by Crippen LogP contribution is 2.43. The molecule has 2 aliphatic carbocycles. The largest absolute Gasteiger partial charge is 0.446 e. The fourth-order valence-electron chi connectivity index (χ4n) is 6.66. The van der Waals surface area contributed by atoms with Gasteiger partial charge < -0.3 is 9.15 Å². The molecule has 220 valence electrons. The number of aromatic nitrogens is 2. The van der Waals surface area contributed by atoms with Crippen LogP contribution in [0.15, 0.2) is 136 Å². The Bertz CT molecular complexity index is 2130. The second-order valence-corrected chi connectivity index (χ2v) is 12.1. The van der Waals surface area contributed by atoms with Crippen molar-refractivity contribution >= 4 is 16.7 Å². The summed E-state index contributed by atoms with van der Waals surface area (Å²) < 4.78 is 12.7. The summed E-state index contributed by atoms with van der Waals surface area (Å²) >= 11 is 0. The molecule has 3 unspecified atom stereocenters. The van der Waals surface area contributed by atoms with Gasteiger partial charge >= 0.3 is 0 Å². The molecule has 4 aromatic carbocycles. The van der Waals surface area contributed by atoms with Crippen molar-refractivity contribution in [2.75, 3.05) is 0 Å². The SMILES string of the molecule is Cc1cc(-c2ccc(-c3nnc(C4(C)C=CC=C5C=CC=CC54)o3)c(C)c2)ccc1C1=NNC(c2cccc3ccccc23)O1. The molecule has 3 aliphatic rings. The summed E-state index contributed by atoms with van der Waals surface area (Å²) in [4.78, 5) is 0. The highest BCUT2D eigenvalue weighted by atomic mass is 16.5. The van der Waals surface area contributed by atoms with Gasteiger partial charge in [0.1, 0.15) is 0 Å². The lowest BCUT2D eigenvalue weighted by atomic mass is 9.69. The maximum atomic E-state index is 6.35. The van der Waals surface area contributed by atoms with Crippen molar-refractivity contribution in [1.29, 1.82) is 0 Å². The van der Waals surface area contributed by atoms with Crippen LogP contribution < -0.4 is 5.43 Å². The Morgan fingerprint density at radius 2 is 1.58 bits per heavy atom. The first kappa shape index (κ1) is 27.1. The molecule has 1 aliphatic heterocycles. The predicted octanol–water partition coefficient (Wildman–Crippen LogP) is 8.65. The van der Waals surface area contributed by atoms with Crippen LogP contribution in [-0.4, -0.2) is 16.1 Å². The van der Waals surface area contributed by atoms with Crippen LogP contribution in [0.3, 0.4) is 0 Å². The van der Waals surface area contributed by atoms with Crippen molar-refractivity contribution in [1.82, 2.24) is 15.6 Å². The van der Waals surface area contributed by atoms with Crippen LogP contribution >= 0.6 is 0 Å². The van der Waals surface area contributed by atoms with Crippen LogP contribution in [0.2, 0.25) is 0 Å². The minimum atomic E-state index is -0.401. The van der Waals surface area contributed by atoms with Crippen molar-refractivity contribution < 1.29 is 9.15 Å². The number of hydrazone groups is 1. The first-order chi connectivity index (χ1) is 22.0. The van der Waals surface area contributed by atoms with Crippen LogP contribution in [0, 0.1) is 19.8 Å². The second-order valence-electron chi connectivity index (χ2n) is 12.1. The minimum absolute atomic E-state index is 0.163. The number of nitrogens with zero attached hydrogens (tertiary/aromatic N) is 3. The molecule has 1 N–H and O–H groups in total. The molecule has 0 saturated carbocycles. The van der Waals surface area contributed by atoms with Gasteiger partial charge in [-0.05, 0) is 71.5 Å². The van der Waals surface area contributed by atoms with Gasteiger partial charge in [0.15, 0.2) is 0 Å². The van der Waals surface area contributed by atoms with Gasteiger partial charge in [-0.15, -0.1) is 15.3 Å². The van der Waals surface area contributed by atoms with E-state index in [1.165, 1.54) is 11.0 Å². The van der Waals surface area contributed by atoms with Crippen molar-refractivity contribution in [2.45, 2.75) is 32.4 Å². The van der Waals surface area contributed by atoms with Crippen LogP contribution in [0.25, 0.3) is 33.4 Å². The number of hydrogen-bond acceptors (Lipinski definition) is 6. The summed E-state index contributed by atoms with van der Waals surface area (Å²) in [5.41, 5.74) is 11.4. The Labute approximate surface area is 262 Å². The van der Waals surface area contributed by atoms with E-state index in [9.17, 15) is 0 Å². The number of hydrogen-bond donors (Lipinski definition) is 1. The lowest BCUT2D eigenvalue weighted by molar-refractivity contribution is 0.193. The zero-order valence-electron chi connectivity index (χ0n) is 25.4. The highest BCUT2D eigenvalue weighted by molar-refractivity contribution is 5.97. The van der Waals surface area contributed by atoms with E-state index in [1.807, 2.05) is 12.1 Å². The lowest BCUT2D eigenvalue weighted by Crippen LogP contribution is -2.32. The number of aryl methyl sites for hydroxylation is 2. The number of nitrogens with one attached hydrogen (secondary N) is 1. The van der Waals surface area contributed by atoms with E-state index >= 15 is 0 Å². The summed E-state index contributed by atoms with van der Waals surface area (Å²) in [5, 5.41) is 15.9. The van der Waals surface area contributed by atoms with Crippen LogP contribution in [-0.2, 0) is 10.2 Å². The number of allylic oxidation sites excluding steroid dienone is 8. The maximum Gasteiger partial charge on any atom is 0.248 e. The molecule has 3 atom stereocenters. The number of fused-ring (bicyclic) bond motifs is 2. The molecule has 5 aromatic rings. The Morgan fingerprint density at radius 1 is 0.800 bits per heavy atom. The zero-order chi connectivity index (χ0) is 30.5. The van der Waals surface area contributed by atoms with E-state index in [0.29, 0.717) is 17.7 Å². The Kier molecular flexibility index (Phi) is 6.38. The maximum absolute atomic E-state index is 6.35. The summed E-state index contributed by atoms with van der Waals surface area (Å²) in [7, 11) is 0. The quantitative estimate of drug-likeness (QED) is 0.222. The minimum Gasteiger partial charge on any atom is -0.446 e. The number of ether oxygens (including phenoxy) is 1. The van der Waals surface area contributed by atoms with Gasteiger partial charge in [-0.1, -0.05) is 109 Å². The molecule has 0 saturated heterocycles. The van der Waals surface area contributed by atoms with Crippen LogP contribution in [0.5, 0.6) is 0 Å². The third-order valence-corrected chi connectivity index (χ3v) is 9.19. The monoisotopic (exact) mass is 588 g/mol. The molecule has 2 heterocycles. The first-order valence-corrected chi connectivity index (χ1v) is 15.3. The van der Waals surface area contributed by atoms with E-state index in [4.69, 9.17) is 9.15 Å². The van der Waals surface area contributed by atoms with Crippen molar-refractivity contribution in [3.8, 4) is 22.6 Å². The van der Waals surface area contributed by atoms with Crippen molar-refractivity contribution in [3.05, 3.63) is 155 Å². The van der Waals surface area contributed by atoms with Crippen LogP contribution in [0.1, 0.15) is 41.3 Å². The summed E-state index contributed by atoms with van der Waals surface area (Å²) in [5.74, 6) is 1.91. The molecular formula is C39H32N4O2. The Morgan fingerprint density at radius 3 is 2.40 bits per heavy atom. The molecule has 0 radical (unpaired) electrons. The van der Waals surface area contributed by atoms with Crippen LogP contribution in [0.4, 0.5) is 0 Å². The summed E-state index contributed by atoms with van der Waals surface area (Å²) in [6.07, 6.45) is 14.6. The normalized spacial score (nSPS) is 21.7. The first-order valence-electron chi connectivity index (χ1n) is 15.3. The van der Waals surface area contributed by atoms with E-state index < -0.39 is 5.41 Å². The van der Waals surface area contributed by atoms with Gasteiger partial charge in [0.2, 0.25) is 23.9 Å². The van der Waals surface area contributed by atoms with Gasteiger partial charge in [0.05, 0.1) is 5.41 Å². The van der Waals surface area contributed by atoms with Gasteiger partial charge in [-0.2, -0.15) is 0 Å². The molecule has 6 nitrogen and oxygen atoms in total. The standard InChI is InChI=1S/C39H32N4O2/c1-24-22-28(17-19-30(24)35-40-41-37(44-35)33-15-8-12-26-10-4-6-14-32(26)33)29-18-20-31(25(2)23-29)36-42-43-38(45-36)39(3)21-9-13-27-11-5-7-16-34(27)39/h4-23,34,37,41H,1-3H3. The number of benzene rings is 4. The molecule has 6 heteroatoms. The lowest BCUT2D eigenvalue weighted by Gasteiger charge is -2.34. The smallest absolute Gasteiger partial charge is 0.248 e. The average molecular weight is 589 g/mol. The number of rotatable bonds is 5. The molecule has 0 bridgehead atoms. The van der Waals surface area contributed by atoms with Gasteiger partial charge in [0, 0.05) is 22.6 Å². The predicted molar refractivity (Wildman–Crippen MR) is 178 cm³/mol. The molecule has 0 spiro atoms. The summed E-state index contributed by atoms with van der Waals surface area (Å²) in [6.45, 7) is 6.34. The Balaban J connectivity index is 1.02. The van der Waals surface area contributed by atoms with Gasteiger partial charge in [-0.25, -0.2) is 0 Å². The zero-order valence-corrected chi connectivity index (χ0v) is 25.4. The topological polar surface area (TPSA) is 72.5 Å². The third-order valence-electron chi connectivity index (χ3n) is 9.19. The Hall–Kier alpha value is -5.49. The van der Waals surface area contributed by atoms with E-state index in [-0.39, 0.29) is 12.1 Å². The van der Waals surface area contributed by atoms with Gasteiger partial charge in [0.25, 0.3) is 0 Å². The molecule has 0 fully saturated rings. The van der Waals surface area contributed by atoms with Gasteiger partial charge in [-0.3, -0.25) is 5.43 Å². The third kappa shape index (κ3) is 4.61. The van der Waals surface area contributed by atoms with E-state index in [2.05, 4.69) is 151 Å². The summed E-state index contributed by atoms with van der Waals surface area (Å²) in [6, 6.07) is 27.3. The molecule has 8 rings (SSSR count). The fourth-order valence-corrected chi connectivity index (χ4v) is 6.66. The molecular weight excluding hydrogens is 556 g/mol.